The summed E-state index contributed by atoms with van der Waals surface area (Å²) >= 11 is 1.48. The van der Waals surface area contributed by atoms with Crippen molar-refractivity contribution >= 4 is 22.8 Å². The van der Waals surface area contributed by atoms with E-state index in [0.29, 0.717) is 11.7 Å². The average Bonchev–Trinajstić information content (AvgIpc) is 2.72. The van der Waals surface area contributed by atoms with E-state index in [-0.39, 0.29) is 5.92 Å². The van der Waals surface area contributed by atoms with Crippen LogP contribution >= 0.6 is 11.8 Å². The first kappa shape index (κ1) is 12.5. The van der Waals surface area contributed by atoms with Crippen LogP contribution in [0.1, 0.15) is 25.7 Å². The first-order valence-electron chi connectivity index (χ1n) is 5.29. The maximum atomic E-state index is 10.4. The molecule has 4 nitrogen and oxygen atoms in total. The topological polar surface area (TPSA) is 66.4 Å². The lowest BCUT2D eigenvalue weighted by atomic mass is 10.1. The molecule has 2 aliphatic heterocycles. The molecule has 0 aromatic carbocycles. The zero-order valence-electron chi connectivity index (χ0n) is 8.70. The van der Waals surface area contributed by atoms with E-state index in [1.54, 1.807) is 0 Å². The zero-order valence-corrected chi connectivity index (χ0v) is 9.52. The Morgan fingerprint density at radius 3 is 2.53 bits per heavy atom. The fraction of sp³-hybridized carbons (Fsp3) is 0.800. The molecule has 1 unspecified atom stereocenters. The lowest BCUT2D eigenvalue weighted by Gasteiger charge is -2.04. The molecule has 1 atom stereocenters. The molecule has 2 N–H and O–H groups in total. The predicted octanol–water partition coefficient (Wildman–Crippen LogP) is 1.11. The molecular formula is C10H17NO3S. The second-order valence-electron chi connectivity index (χ2n) is 3.71. The number of hydrogen-bond donors (Lipinski definition) is 2. The molecule has 86 valence electrons. The van der Waals surface area contributed by atoms with Gasteiger partial charge in [0, 0.05) is 18.7 Å². The van der Waals surface area contributed by atoms with Crippen LogP contribution < -0.4 is 5.32 Å². The first-order valence-corrected chi connectivity index (χ1v) is 6.28. The maximum absolute atomic E-state index is 10.4. The molecule has 0 spiro atoms. The van der Waals surface area contributed by atoms with E-state index in [1.807, 2.05) is 0 Å². The quantitative estimate of drug-likeness (QED) is 0.707. The Morgan fingerprint density at radius 1 is 1.47 bits per heavy atom. The van der Waals surface area contributed by atoms with Crippen molar-refractivity contribution < 1.29 is 14.7 Å². The molecule has 2 rings (SSSR count). The van der Waals surface area contributed by atoms with Crippen LogP contribution in [0.15, 0.2) is 0 Å². The summed E-state index contributed by atoms with van der Waals surface area (Å²) < 4.78 is 0. The Morgan fingerprint density at radius 2 is 2.27 bits per heavy atom. The van der Waals surface area contributed by atoms with Crippen LogP contribution in [-0.2, 0) is 9.59 Å². The normalized spacial score (nSPS) is 25.6. The van der Waals surface area contributed by atoms with Crippen molar-refractivity contribution in [2.75, 3.05) is 18.8 Å². The van der Waals surface area contributed by atoms with Gasteiger partial charge in [0.1, 0.15) is 0 Å². The number of carboxylic acid groups (broad SMARTS) is 1. The second-order valence-corrected chi connectivity index (χ2v) is 4.86. The van der Waals surface area contributed by atoms with Crippen LogP contribution in [0.5, 0.6) is 0 Å². The molecule has 0 aromatic heterocycles. The van der Waals surface area contributed by atoms with E-state index in [2.05, 4.69) is 5.32 Å². The summed E-state index contributed by atoms with van der Waals surface area (Å²) in [5.41, 5.74) is 0. The van der Waals surface area contributed by atoms with Crippen molar-refractivity contribution in [3.63, 3.8) is 0 Å². The van der Waals surface area contributed by atoms with Crippen LogP contribution in [-0.4, -0.2) is 35.0 Å². The Bertz CT molecular complexity index is 219. The molecule has 0 aliphatic carbocycles. The van der Waals surface area contributed by atoms with Crippen LogP contribution in [0.2, 0.25) is 0 Å². The van der Waals surface area contributed by atoms with Crippen LogP contribution in [0.4, 0.5) is 0 Å². The molecule has 0 bridgehead atoms. The minimum atomic E-state index is -0.671. The highest BCUT2D eigenvalue weighted by Crippen LogP contribution is 2.17. The highest BCUT2D eigenvalue weighted by Gasteiger charge is 2.20. The molecule has 0 aromatic rings. The van der Waals surface area contributed by atoms with Gasteiger partial charge in [0.25, 0.3) is 0 Å². The summed E-state index contributed by atoms with van der Waals surface area (Å²) in [6.45, 7) is 1.51. The third-order valence-electron chi connectivity index (χ3n) is 2.45. The van der Waals surface area contributed by atoms with Crippen molar-refractivity contribution in [1.29, 1.82) is 0 Å². The number of aliphatic carboxylic acids is 1. The number of hydrogen-bond acceptors (Lipinski definition) is 4. The predicted molar refractivity (Wildman–Crippen MR) is 59.9 cm³/mol. The van der Waals surface area contributed by atoms with Crippen molar-refractivity contribution in [1.82, 2.24) is 5.32 Å². The Kier molecular flexibility index (Phi) is 5.71. The minimum absolute atomic E-state index is 0.130. The maximum Gasteiger partial charge on any atom is 0.307 e. The number of carbonyl (C=O) groups excluding carboxylic acids is 1. The van der Waals surface area contributed by atoms with Crippen molar-refractivity contribution in [3.8, 4) is 0 Å². The number of carbonyl (C=O) groups is 2. The number of thioether (sulfide) groups is 1. The van der Waals surface area contributed by atoms with Gasteiger partial charge >= 0.3 is 5.97 Å². The van der Waals surface area contributed by atoms with Gasteiger partial charge in [-0.3, -0.25) is 9.59 Å². The van der Waals surface area contributed by atoms with E-state index in [4.69, 9.17) is 5.11 Å². The first-order chi connectivity index (χ1) is 7.20. The van der Waals surface area contributed by atoms with Crippen molar-refractivity contribution in [2.45, 2.75) is 25.7 Å². The summed E-state index contributed by atoms with van der Waals surface area (Å²) in [6, 6.07) is 0. The van der Waals surface area contributed by atoms with Crippen molar-refractivity contribution in [3.05, 3.63) is 0 Å². The van der Waals surface area contributed by atoms with Crippen molar-refractivity contribution in [2.24, 2.45) is 5.92 Å². The molecule has 0 radical (unpaired) electrons. The Hall–Kier alpha value is -0.550. The molecule has 2 aliphatic rings. The third kappa shape index (κ3) is 5.18. The lowest BCUT2D eigenvalue weighted by Crippen LogP contribution is -2.16. The fourth-order valence-electron chi connectivity index (χ4n) is 1.50. The highest BCUT2D eigenvalue weighted by molar-refractivity contribution is 8.13. The standard InChI is InChI=1S/C5H9NO2.C5H8OS/c7-5(8)4-1-2-6-3-4;6-5-3-1-2-4-7-5/h4,6H,1-3H2,(H,7,8);1-4H2. The summed E-state index contributed by atoms with van der Waals surface area (Å²) in [7, 11) is 0. The monoisotopic (exact) mass is 231 g/mol. The van der Waals surface area contributed by atoms with Gasteiger partial charge in [-0.15, -0.1) is 0 Å². The smallest absolute Gasteiger partial charge is 0.307 e. The number of rotatable bonds is 1. The molecule has 2 saturated heterocycles. The summed E-state index contributed by atoms with van der Waals surface area (Å²) in [5.74, 6) is 0.253. The Balaban J connectivity index is 0.000000151. The van der Waals surface area contributed by atoms with Crippen LogP contribution in [0.25, 0.3) is 0 Å². The summed E-state index contributed by atoms with van der Waals surface area (Å²) in [6.07, 6.45) is 3.95. The van der Waals surface area contributed by atoms with Crippen LogP contribution in [0, 0.1) is 5.92 Å². The van der Waals surface area contributed by atoms with Gasteiger partial charge in [0.15, 0.2) is 5.12 Å². The molecule has 2 heterocycles. The summed E-state index contributed by atoms with van der Waals surface area (Å²) in [5, 5.41) is 11.7. The van der Waals surface area contributed by atoms with E-state index in [1.165, 1.54) is 18.2 Å². The molecular weight excluding hydrogens is 214 g/mol. The van der Waals surface area contributed by atoms with E-state index in [9.17, 15) is 9.59 Å². The second kappa shape index (κ2) is 6.85. The fourth-order valence-corrected chi connectivity index (χ4v) is 2.36. The minimum Gasteiger partial charge on any atom is -0.481 e. The third-order valence-corrected chi connectivity index (χ3v) is 3.47. The molecule has 0 saturated carbocycles. The van der Waals surface area contributed by atoms with Crippen LogP contribution in [0.3, 0.4) is 0 Å². The van der Waals surface area contributed by atoms with Gasteiger partial charge in [-0.25, -0.2) is 0 Å². The van der Waals surface area contributed by atoms with Gasteiger partial charge < -0.3 is 10.4 Å². The lowest BCUT2D eigenvalue weighted by molar-refractivity contribution is -0.141. The van der Waals surface area contributed by atoms with Gasteiger partial charge in [-0.05, 0) is 25.8 Å². The number of carboxylic acids is 1. The zero-order chi connectivity index (χ0) is 11.1. The van der Waals surface area contributed by atoms with Gasteiger partial charge in [-0.1, -0.05) is 11.8 Å². The molecule has 5 heteroatoms. The van der Waals surface area contributed by atoms with E-state index in [0.717, 1.165) is 31.6 Å². The number of nitrogens with one attached hydrogen (secondary N) is 1. The largest absolute Gasteiger partial charge is 0.481 e. The van der Waals surface area contributed by atoms with E-state index < -0.39 is 5.97 Å². The summed E-state index contributed by atoms with van der Waals surface area (Å²) in [4.78, 5) is 20.6. The average molecular weight is 231 g/mol. The van der Waals surface area contributed by atoms with Gasteiger partial charge in [-0.2, -0.15) is 0 Å². The molecule has 2 fully saturated rings. The highest BCUT2D eigenvalue weighted by atomic mass is 32.2. The molecule has 15 heavy (non-hydrogen) atoms. The Labute approximate surface area is 93.8 Å². The van der Waals surface area contributed by atoms with E-state index >= 15 is 0 Å². The SMILES string of the molecule is O=C(O)C1CCNC1.O=C1CCCCS1. The van der Waals surface area contributed by atoms with Gasteiger partial charge in [0.2, 0.25) is 0 Å². The van der Waals surface area contributed by atoms with Gasteiger partial charge in [0.05, 0.1) is 5.92 Å². The molecule has 0 amide bonds.